The van der Waals surface area contributed by atoms with Gasteiger partial charge in [-0.15, -0.1) is 0 Å². The fourth-order valence-electron chi connectivity index (χ4n) is 2.38. The first-order chi connectivity index (χ1) is 9.03. The summed E-state index contributed by atoms with van der Waals surface area (Å²) in [5.74, 6) is -0.526. The molecular formula is C13H17N3O3. The number of carbonyl (C=O) groups excluding carboxylic acids is 1. The van der Waals surface area contributed by atoms with Crippen LogP contribution in [0.15, 0.2) is 30.3 Å². The van der Waals surface area contributed by atoms with E-state index >= 15 is 0 Å². The Kier molecular flexibility index (Phi) is 3.59. The summed E-state index contributed by atoms with van der Waals surface area (Å²) < 4.78 is 0. The summed E-state index contributed by atoms with van der Waals surface area (Å²) in [6, 6.07) is 9.20. The Balaban J connectivity index is 2.23. The smallest absolute Gasteiger partial charge is 0.407 e. The molecule has 6 heteroatoms. The minimum atomic E-state index is -1.03. The lowest BCUT2D eigenvalue weighted by Gasteiger charge is -2.40. The van der Waals surface area contributed by atoms with Crippen LogP contribution in [0.3, 0.4) is 0 Å². The Morgan fingerprint density at radius 3 is 2.58 bits per heavy atom. The maximum Gasteiger partial charge on any atom is 0.407 e. The number of nitrogens with zero attached hydrogens (tertiary/aromatic N) is 1. The number of primary amides is 1. The second kappa shape index (κ2) is 5.17. The third-order valence-electron chi connectivity index (χ3n) is 3.39. The topological polar surface area (TPSA) is 95.7 Å². The molecule has 0 aromatic heterocycles. The number of para-hydroxylation sites is 1. The number of anilines is 1. The minimum absolute atomic E-state index is 0.0760. The van der Waals surface area contributed by atoms with Crippen molar-refractivity contribution in [1.29, 1.82) is 0 Å². The van der Waals surface area contributed by atoms with Crippen molar-refractivity contribution in [3.05, 3.63) is 30.3 Å². The van der Waals surface area contributed by atoms with Crippen LogP contribution in [0.2, 0.25) is 0 Å². The number of piperidine rings is 1. The molecule has 4 N–H and O–H groups in total. The van der Waals surface area contributed by atoms with Crippen LogP contribution in [-0.2, 0) is 4.79 Å². The molecule has 2 rings (SSSR count). The number of benzene rings is 1. The molecule has 1 saturated heterocycles. The summed E-state index contributed by atoms with van der Waals surface area (Å²) >= 11 is 0. The van der Waals surface area contributed by atoms with Crippen molar-refractivity contribution in [2.75, 3.05) is 18.4 Å². The predicted octanol–water partition coefficient (Wildman–Crippen LogP) is 1.10. The summed E-state index contributed by atoms with van der Waals surface area (Å²) in [5, 5.41) is 12.2. The Morgan fingerprint density at radius 1 is 1.32 bits per heavy atom. The lowest BCUT2D eigenvalue weighted by molar-refractivity contribution is -0.123. The van der Waals surface area contributed by atoms with Gasteiger partial charge in [0.1, 0.15) is 5.54 Å². The molecule has 0 saturated carbocycles. The maximum absolute atomic E-state index is 11.8. The third kappa shape index (κ3) is 2.78. The molecule has 1 unspecified atom stereocenters. The molecule has 19 heavy (non-hydrogen) atoms. The number of hydrogen-bond acceptors (Lipinski definition) is 3. The SMILES string of the molecule is NC(=O)C1(Nc2ccccc2)CCCN(C(=O)O)C1. The summed E-state index contributed by atoms with van der Waals surface area (Å²) in [7, 11) is 0. The Morgan fingerprint density at radius 2 is 2.00 bits per heavy atom. The largest absolute Gasteiger partial charge is 0.465 e. The van der Waals surface area contributed by atoms with Gasteiger partial charge in [0.25, 0.3) is 0 Å². The van der Waals surface area contributed by atoms with Gasteiger partial charge >= 0.3 is 6.09 Å². The molecule has 0 aliphatic carbocycles. The molecule has 1 aromatic rings. The molecule has 1 atom stereocenters. The number of likely N-dealkylation sites (tertiary alicyclic amines) is 1. The fraction of sp³-hybridized carbons (Fsp3) is 0.385. The number of nitrogens with one attached hydrogen (secondary N) is 1. The molecule has 1 fully saturated rings. The summed E-state index contributed by atoms with van der Waals surface area (Å²) in [4.78, 5) is 24.1. The van der Waals surface area contributed by atoms with E-state index in [1.807, 2.05) is 30.3 Å². The zero-order valence-electron chi connectivity index (χ0n) is 10.5. The predicted molar refractivity (Wildman–Crippen MR) is 70.8 cm³/mol. The Labute approximate surface area is 111 Å². The van der Waals surface area contributed by atoms with Gasteiger partial charge in [0.05, 0.1) is 6.54 Å². The van der Waals surface area contributed by atoms with Gasteiger partial charge in [0.2, 0.25) is 5.91 Å². The van der Waals surface area contributed by atoms with Crippen LogP contribution >= 0.6 is 0 Å². The van der Waals surface area contributed by atoms with E-state index in [9.17, 15) is 9.59 Å². The fourth-order valence-corrected chi connectivity index (χ4v) is 2.38. The van der Waals surface area contributed by atoms with Gasteiger partial charge in [0.15, 0.2) is 0 Å². The van der Waals surface area contributed by atoms with Gasteiger partial charge in [0, 0.05) is 12.2 Å². The first kappa shape index (κ1) is 13.2. The van der Waals surface area contributed by atoms with E-state index in [-0.39, 0.29) is 6.54 Å². The highest BCUT2D eigenvalue weighted by molar-refractivity contribution is 5.89. The van der Waals surface area contributed by atoms with Crippen molar-refractivity contribution in [3.8, 4) is 0 Å². The van der Waals surface area contributed by atoms with Crippen LogP contribution in [0.25, 0.3) is 0 Å². The molecule has 1 aliphatic rings. The van der Waals surface area contributed by atoms with Gasteiger partial charge in [-0.2, -0.15) is 0 Å². The average molecular weight is 263 g/mol. The number of carboxylic acid groups (broad SMARTS) is 1. The van der Waals surface area contributed by atoms with Gasteiger partial charge in [-0.05, 0) is 25.0 Å². The quantitative estimate of drug-likeness (QED) is 0.760. The zero-order chi connectivity index (χ0) is 13.9. The van der Waals surface area contributed by atoms with Crippen LogP contribution in [0, 0.1) is 0 Å². The monoisotopic (exact) mass is 263 g/mol. The van der Waals surface area contributed by atoms with Crippen molar-refractivity contribution < 1.29 is 14.7 Å². The summed E-state index contributed by atoms with van der Waals surface area (Å²) in [6.07, 6.45) is 0.107. The Bertz CT molecular complexity index is 477. The Hall–Kier alpha value is -2.24. The van der Waals surface area contributed by atoms with Crippen LogP contribution in [0.5, 0.6) is 0 Å². The molecule has 102 valence electrons. The van der Waals surface area contributed by atoms with Crippen LogP contribution in [0.4, 0.5) is 10.5 Å². The summed E-state index contributed by atoms with van der Waals surface area (Å²) in [6.45, 7) is 0.507. The van der Waals surface area contributed by atoms with Crippen LogP contribution in [0.1, 0.15) is 12.8 Å². The standard InChI is InChI=1S/C13H17N3O3/c14-11(17)13(15-10-5-2-1-3-6-10)7-4-8-16(9-13)12(18)19/h1-3,5-6,15H,4,7-9H2,(H2,14,17)(H,18,19). The number of amides is 2. The van der Waals surface area contributed by atoms with Crippen molar-refractivity contribution >= 4 is 17.7 Å². The lowest BCUT2D eigenvalue weighted by Crippen LogP contribution is -2.61. The molecular weight excluding hydrogens is 246 g/mol. The third-order valence-corrected chi connectivity index (χ3v) is 3.39. The van der Waals surface area contributed by atoms with Crippen molar-refractivity contribution in [2.45, 2.75) is 18.4 Å². The van der Waals surface area contributed by atoms with Crippen LogP contribution in [-0.4, -0.2) is 40.6 Å². The van der Waals surface area contributed by atoms with Crippen LogP contribution < -0.4 is 11.1 Å². The second-order valence-electron chi connectivity index (χ2n) is 4.75. The number of carbonyl (C=O) groups is 2. The minimum Gasteiger partial charge on any atom is -0.465 e. The van der Waals surface area contributed by atoms with Gasteiger partial charge in [-0.3, -0.25) is 4.79 Å². The lowest BCUT2D eigenvalue weighted by atomic mass is 9.88. The molecule has 0 spiro atoms. The van der Waals surface area contributed by atoms with E-state index in [1.165, 1.54) is 4.90 Å². The highest BCUT2D eigenvalue weighted by Crippen LogP contribution is 2.26. The van der Waals surface area contributed by atoms with Crippen molar-refractivity contribution in [1.82, 2.24) is 4.90 Å². The molecule has 1 heterocycles. The first-order valence-corrected chi connectivity index (χ1v) is 6.14. The van der Waals surface area contributed by atoms with E-state index in [2.05, 4.69) is 5.32 Å². The molecule has 1 aliphatic heterocycles. The number of rotatable bonds is 3. The van der Waals surface area contributed by atoms with E-state index in [0.717, 1.165) is 5.69 Å². The first-order valence-electron chi connectivity index (χ1n) is 6.14. The molecule has 0 radical (unpaired) electrons. The van der Waals surface area contributed by atoms with E-state index in [4.69, 9.17) is 10.8 Å². The highest BCUT2D eigenvalue weighted by Gasteiger charge is 2.42. The molecule has 2 amide bonds. The normalized spacial score (nSPS) is 22.8. The summed E-state index contributed by atoms with van der Waals surface area (Å²) in [5.41, 5.74) is 5.22. The van der Waals surface area contributed by atoms with Gasteiger partial charge in [-0.1, -0.05) is 18.2 Å². The highest BCUT2D eigenvalue weighted by atomic mass is 16.4. The molecule has 6 nitrogen and oxygen atoms in total. The van der Waals surface area contributed by atoms with E-state index in [1.54, 1.807) is 0 Å². The van der Waals surface area contributed by atoms with E-state index in [0.29, 0.717) is 19.4 Å². The van der Waals surface area contributed by atoms with Crippen molar-refractivity contribution in [3.63, 3.8) is 0 Å². The number of hydrogen-bond donors (Lipinski definition) is 3. The molecule has 1 aromatic carbocycles. The van der Waals surface area contributed by atoms with E-state index < -0.39 is 17.5 Å². The van der Waals surface area contributed by atoms with Crippen molar-refractivity contribution in [2.24, 2.45) is 5.73 Å². The van der Waals surface area contributed by atoms with Gasteiger partial charge < -0.3 is 21.1 Å². The zero-order valence-corrected chi connectivity index (χ0v) is 10.5. The number of nitrogens with two attached hydrogens (primary N) is 1. The average Bonchev–Trinajstić information content (AvgIpc) is 2.40. The second-order valence-corrected chi connectivity index (χ2v) is 4.75. The van der Waals surface area contributed by atoms with Gasteiger partial charge in [-0.25, -0.2) is 4.79 Å². The maximum atomic E-state index is 11.8. The molecule has 0 bridgehead atoms.